The monoisotopic (exact) mass is 425 g/mol. The van der Waals surface area contributed by atoms with Crippen molar-refractivity contribution in [2.75, 3.05) is 17.7 Å². The molecule has 0 unspecified atom stereocenters. The fourth-order valence-electron chi connectivity index (χ4n) is 3.16. The zero-order valence-corrected chi connectivity index (χ0v) is 17.9. The summed E-state index contributed by atoms with van der Waals surface area (Å²) in [4.78, 5) is 24.7. The Morgan fingerprint density at radius 2 is 1.88 bits per heavy atom. The minimum absolute atomic E-state index is 0.339. The molecule has 0 amide bonds. The Balaban J connectivity index is 1.46. The zero-order valence-electron chi connectivity index (χ0n) is 17.9. The molecular formula is C25H23N5O2. The van der Waals surface area contributed by atoms with Gasteiger partial charge >= 0.3 is 5.97 Å². The van der Waals surface area contributed by atoms with Crippen LogP contribution in [0.1, 0.15) is 21.5 Å². The number of carbonyl (C=O) groups excluding carboxylic acids is 1. The van der Waals surface area contributed by atoms with Gasteiger partial charge in [0.25, 0.3) is 0 Å². The van der Waals surface area contributed by atoms with E-state index >= 15 is 0 Å². The third kappa shape index (κ3) is 5.07. The van der Waals surface area contributed by atoms with Gasteiger partial charge in [0.1, 0.15) is 0 Å². The van der Waals surface area contributed by atoms with Crippen LogP contribution in [0.2, 0.25) is 0 Å². The second-order valence-electron chi connectivity index (χ2n) is 7.20. The number of nitrogens with one attached hydrogen (secondary N) is 2. The van der Waals surface area contributed by atoms with Crippen molar-refractivity contribution in [1.82, 2.24) is 15.0 Å². The molecule has 2 N–H and O–H groups in total. The van der Waals surface area contributed by atoms with Gasteiger partial charge in [-0.25, -0.2) is 14.8 Å². The highest BCUT2D eigenvalue weighted by molar-refractivity contribution is 5.89. The number of rotatable bonds is 7. The lowest BCUT2D eigenvalue weighted by Crippen LogP contribution is -2.04. The lowest BCUT2D eigenvalue weighted by molar-refractivity contribution is 0.0600. The first-order chi connectivity index (χ1) is 15.6. The number of ether oxygens (including phenoxy) is 1. The summed E-state index contributed by atoms with van der Waals surface area (Å²) in [6, 6.07) is 19.1. The second-order valence-corrected chi connectivity index (χ2v) is 7.20. The average molecular weight is 425 g/mol. The molecule has 4 rings (SSSR count). The molecule has 2 aromatic carbocycles. The summed E-state index contributed by atoms with van der Waals surface area (Å²) in [6.07, 6.45) is 5.24. The van der Waals surface area contributed by atoms with E-state index in [4.69, 9.17) is 4.74 Å². The first-order valence-electron chi connectivity index (χ1n) is 10.1. The Labute approximate surface area is 186 Å². The summed E-state index contributed by atoms with van der Waals surface area (Å²) < 4.78 is 4.74. The van der Waals surface area contributed by atoms with E-state index in [1.165, 1.54) is 7.11 Å². The van der Waals surface area contributed by atoms with E-state index in [0.29, 0.717) is 18.1 Å². The third-order valence-electron chi connectivity index (χ3n) is 4.97. The highest BCUT2D eigenvalue weighted by Gasteiger charge is 2.07. The number of pyridine rings is 1. The molecule has 0 saturated heterocycles. The van der Waals surface area contributed by atoms with Gasteiger partial charge in [-0.2, -0.15) is 0 Å². The first-order valence-corrected chi connectivity index (χ1v) is 10.1. The Hall–Kier alpha value is -4.26. The van der Waals surface area contributed by atoms with Gasteiger partial charge in [0.05, 0.1) is 18.4 Å². The average Bonchev–Trinajstić information content (AvgIpc) is 2.85. The van der Waals surface area contributed by atoms with Crippen molar-refractivity contribution in [3.05, 3.63) is 95.9 Å². The molecule has 2 aromatic heterocycles. The molecule has 0 saturated carbocycles. The maximum absolute atomic E-state index is 11.6. The minimum Gasteiger partial charge on any atom is -0.465 e. The molecule has 0 bridgehead atoms. The van der Waals surface area contributed by atoms with Crippen LogP contribution in [-0.4, -0.2) is 28.0 Å². The Bertz CT molecular complexity index is 1210. The summed E-state index contributed by atoms with van der Waals surface area (Å²) in [5.41, 5.74) is 6.28. The van der Waals surface area contributed by atoms with E-state index in [1.54, 1.807) is 30.7 Å². The van der Waals surface area contributed by atoms with Gasteiger partial charge in [-0.1, -0.05) is 18.2 Å². The quantitative estimate of drug-likeness (QED) is 0.403. The van der Waals surface area contributed by atoms with Crippen molar-refractivity contribution < 1.29 is 9.53 Å². The summed E-state index contributed by atoms with van der Waals surface area (Å²) in [7, 11) is 1.38. The minimum atomic E-state index is -0.339. The summed E-state index contributed by atoms with van der Waals surface area (Å²) in [5.74, 6) is 0.179. The largest absolute Gasteiger partial charge is 0.465 e. The van der Waals surface area contributed by atoms with Gasteiger partial charge in [0, 0.05) is 42.1 Å². The second kappa shape index (κ2) is 9.70. The SMILES string of the molecule is COC(=O)c1ccc(CNc2ccc(C)c(Nc3nccc(-c4cccnc4)n3)c2)cc1. The lowest BCUT2D eigenvalue weighted by atomic mass is 10.1. The number of anilines is 3. The van der Waals surface area contributed by atoms with Crippen molar-refractivity contribution in [3.63, 3.8) is 0 Å². The van der Waals surface area contributed by atoms with Gasteiger partial charge in [0.15, 0.2) is 0 Å². The van der Waals surface area contributed by atoms with Crippen LogP contribution >= 0.6 is 0 Å². The smallest absolute Gasteiger partial charge is 0.337 e. The van der Waals surface area contributed by atoms with Crippen LogP contribution in [0.5, 0.6) is 0 Å². The van der Waals surface area contributed by atoms with Crippen molar-refractivity contribution in [1.29, 1.82) is 0 Å². The zero-order chi connectivity index (χ0) is 22.3. The van der Waals surface area contributed by atoms with Crippen LogP contribution in [0.3, 0.4) is 0 Å². The molecule has 0 aliphatic rings. The molecule has 2 heterocycles. The maximum atomic E-state index is 11.6. The van der Waals surface area contributed by atoms with Crippen LogP contribution in [0.25, 0.3) is 11.3 Å². The molecule has 32 heavy (non-hydrogen) atoms. The van der Waals surface area contributed by atoms with Gasteiger partial charge < -0.3 is 15.4 Å². The van der Waals surface area contributed by atoms with E-state index in [-0.39, 0.29) is 5.97 Å². The number of benzene rings is 2. The van der Waals surface area contributed by atoms with Crippen LogP contribution in [0, 0.1) is 6.92 Å². The Morgan fingerprint density at radius 1 is 1.03 bits per heavy atom. The fraction of sp³-hybridized carbons (Fsp3) is 0.120. The summed E-state index contributed by atoms with van der Waals surface area (Å²) >= 11 is 0. The van der Waals surface area contributed by atoms with Crippen LogP contribution in [0.15, 0.2) is 79.3 Å². The number of hydrogen-bond acceptors (Lipinski definition) is 7. The number of nitrogens with zero attached hydrogens (tertiary/aromatic N) is 3. The van der Waals surface area contributed by atoms with Gasteiger partial charge in [-0.15, -0.1) is 0 Å². The Morgan fingerprint density at radius 3 is 2.62 bits per heavy atom. The van der Waals surface area contributed by atoms with Crippen molar-refractivity contribution in [2.24, 2.45) is 0 Å². The number of carbonyl (C=O) groups is 1. The number of aryl methyl sites for hydroxylation is 1. The third-order valence-corrected chi connectivity index (χ3v) is 4.97. The van der Waals surface area contributed by atoms with Crippen molar-refractivity contribution in [3.8, 4) is 11.3 Å². The van der Waals surface area contributed by atoms with Gasteiger partial charge in [0.2, 0.25) is 5.95 Å². The molecule has 4 aromatic rings. The number of methoxy groups -OCH3 is 1. The molecule has 0 spiro atoms. The lowest BCUT2D eigenvalue weighted by Gasteiger charge is -2.13. The van der Waals surface area contributed by atoms with Gasteiger partial charge in [-0.05, 0) is 60.5 Å². The molecule has 0 radical (unpaired) electrons. The number of aromatic nitrogens is 3. The molecule has 7 heteroatoms. The van der Waals surface area contributed by atoms with E-state index in [2.05, 4.69) is 25.6 Å². The summed E-state index contributed by atoms with van der Waals surface area (Å²) in [5, 5.41) is 6.72. The molecule has 7 nitrogen and oxygen atoms in total. The fourth-order valence-corrected chi connectivity index (χ4v) is 3.16. The van der Waals surface area contributed by atoms with Crippen LogP contribution in [0.4, 0.5) is 17.3 Å². The topological polar surface area (TPSA) is 89.0 Å². The number of hydrogen-bond donors (Lipinski definition) is 2. The number of esters is 1. The first kappa shape index (κ1) is 21.0. The van der Waals surface area contributed by atoms with E-state index < -0.39 is 0 Å². The van der Waals surface area contributed by atoms with Crippen molar-refractivity contribution in [2.45, 2.75) is 13.5 Å². The highest BCUT2D eigenvalue weighted by atomic mass is 16.5. The van der Waals surface area contributed by atoms with E-state index in [9.17, 15) is 4.79 Å². The maximum Gasteiger partial charge on any atom is 0.337 e. The molecule has 0 atom stereocenters. The van der Waals surface area contributed by atoms with E-state index in [0.717, 1.165) is 33.8 Å². The standard InChI is InChI=1S/C25H23N5O2/c1-17-5-10-21(28-15-18-6-8-19(9-7-18)24(31)32-2)14-23(17)30-25-27-13-11-22(29-25)20-4-3-12-26-16-20/h3-14,16,28H,15H2,1-2H3,(H,27,29,30). The molecule has 0 aliphatic carbocycles. The van der Waals surface area contributed by atoms with Gasteiger partial charge in [-0.3, -0.25) is 4.98 Å². The molecular weight excluding hydrogens is 402 g/mol. The molecule has 160 valence electrons. The van der Waals surface area contributed by atoms with Crippen LogP contribution in [-0.2, 0) is 11.3 Å². The van der Waals surface area contributed by atoms with Crippen LogP contribution < -0.4 is 10.6 Å². The normalized spacial score (nSPS) is 10.4. The predicted octanol–water partition coefficient (Wildman–Crippen LogP) is 4.99. The van der Waals surface area contributed by atoms with Crippen molar-refractivity contribution >= 4 is 23.3 Å². The Kier molecular flexibility index (Phi) is 6.36. The molecule has 0 aliphatic heterocycles. The van der Waals surface area contributed by atoms with E-state index in [1.807, 2.05) is 55.5 Å². The highest BCUT2D eigenvalue weighted by Crippen LogP contribution is 2.24. The summed E-state index contributed by atoms with van der Waals surface area (Å²) in [6.45, 7) is 2.65. The predicted molar refractivity (Wildman–Crippen MR) is 125 cm³/mol. The molecule has 0 fully saturated rings.